The van der Waals surface area contributed by atoms with E-state index in [4.69, 9.17) is 16.3 Å². The van der Waals surface area contributed by atoms with E-state index < -0.39 is 17.7 Å². The smallest absolute Gasteiger partial charge is 0.225 e. The summed E-state index contributed by atoms with van der Waals surface area (Å²) < 4.78 is 33.2. The fraction of sp³-hybridized carbons (Fsp3) is 0.143. The molecular formula is C28H22ClF2N5O2. The number of rotatable bonds is 8. The molecule has 10 heteroatoms. The van der Waals surface area contributed by atoms with E-state index in [0.717, 1.165) is 17.1 Å². The molecular weight excluding hydrogens is 512 g/mol. The first-order chi connectivity index (χ1) is 18.4. The number of amides is 1. The molecule has 0 aliphatic rings. The Labute approximate surface area is 221 Å². The Hall–Kier alpha value is -4.37. The molecule has 2 aromatic carbocycles. The maximum atomic E-state index is 14.0. The SMILES string of the molecule is COc1ccc2[nH]cc(CC(=O)NC(Cc3cc(F)cc(F)c3)c3ncncc3-c3ccc(Cl)cc3)c2n1. The molecule has 0 bridgehead atoms. The largest absolute Gasteiger partial charge is 0.481 e. The van der Waals surface area contributed by atoms with Crippen LogP contribution in [0.15, 0.2) is 73.3 Å². The summed E-state index contributed by atoms with van der Waals surface area (Å²) >= 11 is 6.06. The van der Waals surface area contributed by atoms with Gasteiger partial charge in [0.1, 0.15) is 18.0 Å². The maximum Gasteiger partial charge on any atom is 0.225 e. The topological polar surface area (TPSA) is 92.8 Å². The van der Waals surface area contributed by atoms with Crippen molar-refractivity contribution in [3.8, 4) is 17.0 Å². The molecule has 0 aliphatic heterocycles. The summed E-state index contributed by atoms with van der Waals surface area (Å²) in [4.78, 5) is 29.5. The first-order valence-corrected chi connectivity index (χ1v) is 12.1. The number of hydrogen-bond donors (Lipinski definition) is 2. The highest BCUT2D eigenvalue weighted by molar-refractivity contribution is 6.30. The van der Waals surface area contributed by atoms with Crippen LogP contribution in [0.1, 0.15) is 22.9 Å². The van der Waals surface area contributed by atoms with Gasteiger partial charge in [-0.1, -0.05) is 23.7 Å². The van der Waals surface area contributed by atoms with Gasteiger partial charge < -0.3 is 15.0 Å². The third-order valence-electron chi connectivity index (χ3n) is 6.06. The van der Waals surface area contributed by atoms with Crippen LogP contribution >= 0.6 is 11.6 Å². The second-order valence-electron chi connectivity index (χ2n) is 8.67. The van der Waals surface area contributed by atoms with Crippen LogP contribution in [0.25, 0.3) is 22.2 Å². The lowest BCUT2D eigenvalue weighted by Crippen LogP contribution is -2.32. The van der Waals surface area contributed by atoms with Gasteiger partial charge in [-0.3, -0.25) is 4.79 Å². The molecule has 3 aromatic heterocycles. The Morgan fingerprint density at radius 2 is 1.87 bits per heavy atom. The number of halogens is 3. The summed E-state index contributed by atoms with van der Waals surface area (Å²) in [5.41, 5.74) is 4.36. The first-order valence-electron chi connectivity index (χ1n) is 11.7. The van der Waals surface area contributed by atoms with E-state index in [0.29, 0.717) is 38.8 Å². The molecule has 0 fully saturated rings. The van der Waals surface area contributed by atoms with E-state index in [1.54, 1.807) is 30.6 Å². The molecule has 5 aromatic rings. The molecule has 192 valence electrons. The predicted molar refractivity (Wildman–Crippen MR) is 140 cm³/mol. The molecule has 5 rings (SSSR count). The highest BCUT2D eigenvalue weighted by Gasteiger charge is 2.23. The van der Waals surface area contributed by atoms with Crippen molar-refractivity contribution < 1.29 is 18.3 Å². The van der Waals surface area contributed by atoms with Crippen molar-refractivity contribution in [1.29, 1.82) is 0 Å². The molecule has 1 atom stereocenters. The van der Waals surface area contributed by atoms with Crippen LogP contribution in [0.5, 0.6) is 5.88 Å². The number of carbonyl (C=O) groups excluding carboxylic acids is 1. The summed E-state index contributed by atoms with van der Waals surface area (Å²) in [5, 5.41) is 3.57. The van der Waals surface area contributed by atoms with Crippen molar-refractivity contribution in [3.63, 3.8) is 0 Å². The summed E-state index contributed by atoms with van der Waals surface area (Å²) in [5.74, 6) is -1.30. The Balaban J connectivity index is 1.49. The number of methoxy groups -OCH3 is 1. The Kier molecular flexibility index (Phi) is 7.28. The molecule has 0 saturated carbocycles. The highest BCUT2D eigenvalue weighted by Crippen LogP contribution is 2.30. The summed E-state index contributed by atoms with van der Waals surface area (Å²) in [7, 11) is 1.52. The van der Waals surface area contributed by atoms with Crippen LogP contribution in [0.4, 0.5) is 8.78 Å². The molecule has 2 N–H and O–H groups in total. The number of carbonyl (C=O) groups is 1. The van der Waals surface area contributed by atoms with Gasteiger partial charge in [-0.15, -0.1) is 0 Å². The summed E-state index contributed by atoms with van der Waals surface area (Å²) in [6.45, 7) is 0. The van der Waals surface area contributed by atoms with Crippen molar-refractivity contribution in [1.82, 2.24) is 25.3 Å². The maximum absolute atomic E-state index is 14.0. The second kappa shape index (κ2) is 10.9. The normalized spacial score (nSPS) is 11.9. The minimum absolute atomic E-state index is 0.00947. The molecule has 7 nitrogen and oxygen atoms in total. The third kappa shape index (κ3) is 5.63. The lowest BCUT2D eigenvalue weighted by molar-refractivity contribution is -0.121. The Bertz CT molecular complexity index is 1590. The van der Waals surface area contributed by atoms with E-state index in [2.05, 4.69) is 25.3 Å². The van der Waals surface area contributed by atoms with Crippen LogP contribution in [0, 0.1) is 11.6 Å². The molecule has 0 aliphatic carbocycles. The number of aromatic nitrogens is 4. The molecule has 0 radical (unpaired) electrons. The molecule has 0 saturated heterocycles. The van der Waals surface area contributed by atoms with Crippen LogP contribution in [0.3, 0.4) is 0 Å². The average Bonchev–Trinajstić information content (AvgIpc) is 3.29. The van der Waals surface area contributed by atoms with Gasteiger partial charge in [0.25, 0.3) is 0 Å². The molecule has 38 heavy (non-hydrogen) atoms. The van der Waals surface area contributed by atoms with E-state index in [1.807, 2.05) is 18.2 Å². The van der Waals surface area contributed by atoms with E-state index in [9.17, 15) is 13.6 Å². The second-order valence-corrected chi connectivity index (χ2v) is 9.11. The van der Waals surface area contributed by atoms with Crippen LogP contribution in [-0.2, 0) is 17.6 Å². The van der Waals surface area contributed by atoms with Gasteiger partial charge in [-0.05, 0) is 47.9 Å². The van der Waals surface area contributed by atoms with Gasteiger partial charge in [-0.2, -0.15) is 0 Å². The Morgan fingerprint density at radius 1 is 1.11 bits per heavy atom. The lowest BCUT2D eigenvalue weighted by Gasteiger charge is -2.21. The number of nitrogens with one attached hydrogen (secondary N) is 2. The number of fused-ring (bicyclic) bond motifs is 1. The predicted octanol–water partition coefficient (Wildman–Crippen LogP) is 5.60. The van der Waals surface area contributed by atoms with Crippen molar-refractivity contribution in [2.24, 2.45) is 0 Å². The van der Waals surface area contributed by atoms with E-state index in [-0.39, 0.29) is 18.7 Å². The van der Waals surface area contributed by atoms with E-state index >= 15 is 0 Å². The standard InChI is InChI=1S/C28H22ClF2N5O2/c1-38-26-7-6-23-27(36-26)18(13-33-23)11-25(37)35-24(10-16-8-20(30)12-21(31)9-16)28-22(14-32-15-34-28)17-2-4-19(29)5-3-17/h2-9,12-15,24,33H,10-11H2,1H3,(H,35,37). The zero-order chi connectivity index (χ0) is 26.6. The first kappa shape index (κ1) is 25.3. The van der Waals surface area contributed by atoms with Crippen molar-refractivity contribution in [3.05, 3.63) is 107 Å². The molecule has 3 heterocycles. The fourth-order valence-corrected chi connectivity index (χ4v) is 4.48. The number of hydrogen-bond acceptors (Lipinski definition) is 5. The number of aromatic amines is 1. The zero-order valence-electron chi connectivity index (χ0n) is 20.2. The van der Waals surface area contributed by atoms with Gasteiger partial charge >= 0.3 is 0 Å². The number of ether oxygens (including phenoxy) is 1. The minimum atomic E-state index is -0.718. The number of benzene rings is 2. The number of H-pyrrole nitrogens is 1. The third-order valence-corrected chi connectivity index (χ3v) is 6.31. The highest BCUT2D eigenvalue weighted by atomic mass is 35.5. The zero-order valence-corrected chi connectivity index (χ0v) is 21.0. The van der Waals surface area contributed by atoms with Crippen molar-refractivity contribution >= 4 is 28.5 Å². The summed E-state index contributed by atoms with van der Waals surface area (Å²) in [6.07, 6.45) is 4.83. The minimum Gasteiger partial charge on any atom is -0.481 e. The van der Waals surface area contributed by atoms with Crippen LogP contribution in [-0.4, -0.2) is 33.0 Å². The molecule has 1 amide bonds. The molecule has 0 spiro atoms. The van der Waals surface area contributed by atoms with Gasteiger partial charge in [0, 0.05) is 40.7 Å². The van der Waals surface area contributed by atoms with Gasteiger partial charge in [-0.25, -0.2) is 23.7 Å². The van der Waals surface area contributed by atoms with Crippen LogP contribution < -0.4 is 10.1 Å². The fourth-order valence-electron chi connectivity index (χ4n) is 4.35. The van der Waals surface area contributed by atoms with Gasteiger partial charge in [0.2, 0.25) is 11.8 Å². The monoisotopic (exact) mass is 533 g/mol. The van der Waals surface area contributed by atoms with E-state index in [1.165, 1.54) is 25.6 Å². The number of pyridine rings is 1. The number of nitrogens with zero attached hydrogens (tertiary/aromatic N) is 3. The average molecular weight is 534 g/mol. The lowest BCUT2D eigenvalue weighted by atomic mass is 9.96. The quantitative estimate of drug-likeness (QED) is 0.271. The Morgan fingerprint density at radius 3 is 2.61 bits per heavy atom. The van der Waals surface area contributed by atoms with Crippen LogP contribution in [0.2, 0.25) is 5.02 Å². The van der Waals surface area contributed by atoms with Gasteiger partial charge in [0.05, 0.1) is 36.3 Å². The van der Waals surface area contributed by atoms with Gasteiger partial charge in [0.15, 0.2) is 0 Å². The summed E-state index contributed by atoms with van der Waals surface area (Å²) in [6, 6.07) is 13.2. The van der Waals surface area contributed by atoms with Crippen molar-refractivity contribution in [2.45, 2.75) is 18.9 Å². The molecule has 1 unspecified atom stereocenters. The van der Waals surface area contributed by atoms with Crippen molar-refractivity contribution in [2.75, 3.05) is 7.11 Å².